The number of thiazole rings is 1. The molecular formula is C16H13N3O5S2. The van der Waals surface area contributed by atoms with Crippen LogP contribution in [0.3, 0.4) is 0 Å². The standard InChI is InChI=1S/C16H13N3O5S2/c1-24-12-6-4-5-11(9-12)13-10-25-16(17-13)18-26(22,23)15-8-3-2-7-14(15)19(20)21/h2-10H,1H3,(H,17,18). The second kappa shape index (κ2) is 7.10. The van der Waals surface area contributed by atoms with Gasteiger partial charge in [0.05, 0.1) is 17.7 Å². The molecule has 0 saturated carbocycles. The number of methoxy groups -OCH3 is 1. The zero-order valence-corrected chi connectivity index (χ0v) is 15.1. The van der Waals surface area contributed by atoms with E-state index in [1.54, 1.807) is 30.7 Å². The van der Waals surface area contributed by atoms with Crippen LogP contribution in [0.2, 0.25) is 0 Å². The summed E-state index contributed by atoms with van der Waals surface area (Å²) in [6.07, 6.45) is 0. The van der Waals surface area contributed by atoms with E-state index in [1.165, 1.54) is 18.2 Å². The number of sulfonamides is 1. The Kier molecular flexibility index (Phi) is 4.87. The third-order valence-electron chi connectivity index (χ3n) is 3.44. The summed E-state index contributed by atoms with van der Waals surface area (Å²) in [6, 6.07) is 12.3. The molecule has 0 unspecified atom stereocenters. The normalized spacial score (nSPS) is 11.1. The Bertz CT molecular complexity index is 1060. The van der Waals surface area contributed by atoms with Gasteiger partial charge in [0, 0.05) is 17.0 Å². The van der Waals surface area contributed by atoms with E-state index < -0.39 is 25.5 Å². The maximum Gasteiger partial charge on any atom is 0.289 e. The van der Waals surface area contributed by atoms with Crippen LogP contribution < -0.4 is 9.46 Å². The first-order valence-electron chi connectivity index (χ1n) is 7.27. The van der Waals surface area contributed by atoms with Crippen molar-refractivity contribution in [3.63, 3.8) is 0 Å². The van der Waals surface area contributed by atoms with Crippen molar-refractivity contribution >= 4 is 32.2 Å². The van der Waals surface area contributed by atoms with Crippen molar-refractivity contribution in [3.05, 3.63) is 64.0 Å². The topological polar surface area (TPSA) is 111 Å². The van der Waals surface area contributed by atoms with Crippen molar-refractivity contribution in [1.82, 2.24) is 4.98 Å². The van der Waals surface area contributed by atoms with E-state index in [1.807, 2.05) is 6.07 Å². The highest BCUT2D eigenvalue weighted by Crippen LogP contribution is 2.30. The minimum Gasteiger partial charge on any atom is -0.497 e. The lowest BCUT2D eigenvalue weighted by Crippen LogP contribution is -2.14. The molecule has 3 aromatic rings. The van der Waals surface area contributed by atoms with Crippen molar-refractivity contribution in [2.45, 2.75) is 4.90 Å². The molecule has 0 aliphatic heterocycles. The van der Waals surface area contributed by atoms with E-state index in [9.17, 15) is 18.5 Å². The average Bonchev–Trinajstić information content (AvgIpc) is 3.09. The summed E-state index contributed by atoms with van der Waals surface area (Å²) in [5, 5.41) is 12.9. The number of nitro benzene ring substituents is 1. The highest BCUT2D eigenvalue weighted by Gasteiger charge is 2.26. The van der Waals surface area contributed by atoms with E-state index in [2.05, 4.69) is 9.71 Å². The number of nitro groups is 1. The van der Waals surface area contributed by atoms with Gasteiger partial charge in [0.1, 0.15) is 5.75 Å². The number of nitrogens with one attached hydrogen (secondary N) is 1. The number of benzene rings is 2. The minimum atomic E-state index is -4.14. The number of rotatable bonds is 6. The number of ether oxygens (including phenoxy) is 1. The van der Waals surface area contributed by atoms with Gasteiger partial charge in [0.25, 0.3) is 15.7 Å². The van der Waals surface area contributed by atoms with Gasteiger partial charge < -0.3 is 4.74 Å². The highest BCUT2D eigenvalue weighted by atomic mass is 32.2. The Hall–Kier alpha value is -2.98. The molecule has 1 N–H and O–H groups in total. The Morgan fingerprint density at radius 1 is 1.19 bits per heavy atom. The van der Waals surface area contributed by atoms with Gasteiger partial charge in [-0.15, -0.1) is 11.3 Å². The molecule has 0 bridgehead atoms. The molecule has 1 heterocycles. The molecule has 0 fully saturated rings. The lowest BCUT2D eigenvalue weighted by Gasteiger charge is -2.05. The van der Waals surface area contributed by atoms with E-state index in [4.69, 9.17) is 4.74 Å². The van der Waals surface area contributed by atoms with Gasteiger partial charge in [-0.05, 0) is 18.2 Å². The second-order valence-corrected chi connectivity index (χ2v) is 7.61. The van der Waals surface area contributed by atoms with Crippen LogP contribution in [-0.2, 0) is 10.0 Å². The van der Waals surface area contributed by atoms with Gasteiger partial charge in [-0.3, -0.25) is 14.8 Å². The summed E-state index contributed by atoms with van der Waals surface area (Å²) in [7, 11) is -2.59. The Morgan fingerprint density at radius 2 is 1.96 bits per heavy atom. The van der Waals surface area contributed by atoms with Crippen molar-refractivity contribution in [1.29, 1.82) is 0 Å². The lowest BCUT2D eigenvalue weighted by molar-refractivity contribution is -0.387. The third-order valence-corrected chi connectivity index (χ3v) is 5.72. The molecule has 26 heavy (non-hydrogen) atoms. The van der Waals surface area contributed by atoms with Gasteiger partial charge in [-0.2, -0.15) is 0 Å². The number of nitrogens with zero attached hydrogens (tertiary/aromatic N) is 2. The molecule has 0 radical (unpaired) electrons. The average molecular weight is 391 g/mol. The minimum absolute atomic E-state index is 0.112. The summed E-state index contributed by atoms with van der Waals surface area (Å²) in [5.74, 6) is 0.651. The smallest absolute Gasteiger partial charge is 0.289 e. The second-order valence-electron chi connectivity index (χ2n) is 5.10. The fraction of sp³-hybridized carbons (Fsp3) is 0.0625. The quantitative estimate of drug-likeness (QED) is 0.508. The van der Waals surface area contributed by atoms with Gasteiger partial charge in [0.15, 0.2) is 10.0 Å². The monoisotopic (exact) mass is 391 g/mol. The van der Waals surface area contributed by atoms with Gasteiger partial charge in [-0.1, -0.05) is 24.3 Å². The summed E-state index contributed by atoms with van der Waals surface area (Å²) in [4.78, 5) is 14.2. The molecule has 3 rings (SSSR count). The molecule has 0 amide bonds. The first-order chi connectivity index (χ1) is 12.4. The van der Waals surface area contributed by atoms with Crippen LogP contribution in [0.1, 0.15) is 0 Å². The number of hydrogen-bond donors (Lipinski definition) is 1. The van der Waals surface area contributed by atoms with Gasteiger partial charge in [-0.25, -0.2) is 13.4 Å². The fourth-order valence-corrected chi connectivity index (χ4v) is 4.39. The first-order valence-corrected chi connectivity index (χ1v) is 9.63. The lowest BCUT2D eigenvalue weighted by atomic mass is 10.2. The molecule has 134 valence electrons. The molecule has 0 aliphatic rings. The van der Waals surface area contributed by atoms with Crippen molar-refractivity contribution in [2.75, 3.05) is 11.8 Å². The van der Waals surface area contributed by atoms with Crippen LogP contribution in [0.25, 0.3) is 11.3 Å². The zero-order chi connectivity index (χ0) is 18.7. The third kappa shape index (κ3) is 3.65. The van der Waals surface area contributed by atoms with Crippen molar-refractivity contribution in [2.24, 2.45) is 0 Å². The first kappa shape index (κ1) is 17.8. The molecule has 0 spiro atoms. The van der Waals surface area contributed by atoms with E-state index in [-0.39, 0.29) is 5.13 Å². The maximum absolute atomic E-state index is 12.5. The van der Waals surface area contributed by atoms with Gasteiger partial charge in [0.2, 0.25) is 0 Å². The predicted octanol–water partition coefficient (Wildman–Crippen LogP) is 3.53. The van der Waals surface area contributed by atoms with Crippen molar-refractivity contribution < 1.29 is 18.1 Å². The van der Waals surface area contributed by atoms with Gasteiger partial charge >= 0.3 is 0 Å². The maximum atomic E-state index is 12.5. The highest BCUT2D eigenvalue weighted by molar-refractivity contribution is 7.93. The molecular weight excluding hydrogens is 378 g/mol. The molecule has 0 aliphatic carbocycles. The van der Waals surface area contributed by atoms with E-state index >= 15 is 0 Å². The fourth-order valence-electron chi connectivity index (χ4n) is 2.24. The largest absolute Gasteiger partial charge is 0.497 e. The molecule has 8 nitrogen and oxygen atoms in total. The SMILES string of the molecule is COc1cccc(-c2csc(NS(=O)(=O)c3ccccc3[N+](=O)[O-])n2)c1. The number of aromatic nitrogens is 1. The summed E-state index contributed by atoms with van der Waals surface area (Å²) >= 11 is 1.08. The zero-order valence-electron chi connectivity index (χ0n) is 13.4. The molecule has 0 saturated heterocycles. The summed E-state index contributed by atoms with van der Waals surface area (Å²) < 4.78 is 32.5. The molecule has 10 heteroatoms. The Balaban J connectivity index is 1.90. The summed E-state index contributed by atoms with van der Waals surface area (Å²) in [6.45, 7) is 0. The number of anilines is 1. The van der Waals surface area contributed by atoms with Crippen LogP contribution in [0.15, 0.2) is 58.8 Å². The van der Waals surface area contributed by atoms with E-state index in [0.29, 0.717) is 11.4 Å². The van der Waals surface area contributed by atoms with E-state index in [0.717, 1.165) is 23.0 Å². The summed E-state index contributed by atoms with van der Waals surface area (Å²) in [5.41, 5.74) is 0.829. The molecule has 2 aromatic carbocycles. The number of hydrogen-bond acceptors (Lipinski definition) is 7. The Morgan fingerprint density at radius 3 is 2.69 bits per heavy atom. The molecule has 1 aromatic heterocycles. The van der Waals surface area contributed by atoms with Crippen molar-refractivity contribution in [3.8, 4) is 17.0 Å². The van der Waals surface area contributed by atoms with Crippen LogP contribution in [0.4, 0.5) is 10.8 Å². The Labute approximate surface area is 153 Å². The van der Waals surface area contributed by atoms with Crippen LogP contribution >= 0.6 is 11.3 Å². The predicted molar refractivity (Wildman–Crippen MR) is 98.0 cm³/mol. The number of para-hydroxylation sites is 1. The molecule has 0 atom stereocenters. The van der Waals surface area contributed by atoms with Crippen LogP contribution in [-0.4, -0.2) is 25.4 Å². The van der Waals surface area contributed by atoms with Crippen LogP contribution in [0.5, 0.6) is 5.75 Å². The van der Waals surface area contributed by atoms with Crippen LogP contribution in [0, 0.1) is 10.1 Å².